The first kappa shape index (κ1) is 12.9. The lowest BCUT2D eigenvalue weighted by Gasteiger charge is -2.65. The van der Waals surface area contributed by atoms with Crippen LogP contribution in [0.3, 0.4) is 0 Å². The minimum absolute atomic E-state index is 0.444. The van der Waals surface area contributed by atoms with Gasteiger partial charge in [-0.05, 0) is 62.2 Å². The molecule has 2 heteroatoms. The molecule has 104 valence electrons. The zero-order chi connectivity index (χ0) is 12.9. The first-order chi connectivity index (χ1) is 8.47. The lowest BCUT2D eigenvalue weighted by atomic mass is 9.43. The van der Waals surface area contributed by atoms with Crippen LogP contribution in [0.15, 0.2) is 0 Å². The molecule has 4 saturated carbocycles. The molecule has 1 N–H and O–H groups in total. The van der Waals surface area contributed by atoms with Crippen molar-refractivity contribution in [1.29, 1.82) is 0 Å². The van der Waals surface area contributed by atoms with Crippen LogP contribution in [0, 0.1) is 16.7 Å². The zero-order valence-electron chi connectivity index (χ0n) is 12.3. The second-order valence-corrected chi connectivity index (χ2v) is 8.03. The van der Waals surface area contributed by atoms with E-state index >= 15 is 0 Å². The normalized spacial score (nSPS) is 49.8. The van der Waals surface area contributed by atoms with Crippen LogP contribution in [0.25, 0.3) is 0 Å². The maximum absolute atomic E-state index is 5.48. The second kappa shape index (κ2) is 4.21. The Morgan fingerprint density at radius 3 is 2.28 bits per heavy atom. The van der Waals surface area contributed by atoms with Crippen LogP contribution in [-0.2, 0) is 4.74 Å². The molecule has 0 spiro atoms. The van der Waals surface area contributed by atoms with Gasteiger partial charge in [0.1, 0.15) is 0 Å². The molecule has 2 atom stereocenters. The van der Waals surface area contributed by atoms with Crippen LogP contribution in [0.4, 0.5) is 0 Å². The Bertz CT molecular complexity index is 309. The van der Waals surface area contributed by atoms with E-state index in [2.05, 4.69) is 26.1 Å². The molecule has 4 bridgehead atoms. The van der Waals surface area contributed by atoms with Crippen molar-refractivity contribution in [2.75, 3.05) is 19.8 Å². The molecular weight excluding hydrogens is 222 g/mol. The van der Waals surface area contributed by atoms with Gasteiger partial charge in [-0.2, -0.15) is 0 Å². The molecule has 2 unspecified atom stereocenters. The van der Waals surface area contributed by atoms with Crippen LogP contribution in [0.1, 0.15) is 59.3 Å². The zero-order valence-corrected chi connectivity index (χ0v) is 12.3. The predicted molar refractivity (Wildman–Crippen MR) is 74.6 cm³/mol. The summed E-state index contributed by atoms with van der Waals surface area (Å²) in [4.78, 5) is 0. The Morgan fingerprint density at radius 2 is 1.72 bits per heavy atom. The third kappa shape index (κ3) is 2.22. The molecule has 0 aliphatic heterocycles. The molecule has 4 fully saturated rings. The summed E-state index contributed by atoms with van der Waals surface area (Å²) in [6, 6.07) is 0. The van der Waals surface area contributed by atoms with Crippen LogP contribution >= 0.6 is 0 Å². The van der Waals surface area contributed by atoms with E-state index in [0.29, 0.717) is 16.4 Å². The highest BCUT2D eigenvalue weighted by molar-refractivity contribution is 5.14. The quantitative estimate of drug-likeness (QED) is 0.757. The van der Waals surface area contributed by atoms with Crippen molar-refractivity contribution in [2.45, 2.75) is 64.8 Å². The maximum Gasteiger partial charge on any atom is 0.0590 e. The Hall–Kier alpha value is -0.0800. The molecule has 0 heterocycles. The van der Waals surface area contributed by atoms with Crippen LogP contribution in [0.2, 0.25) is 0 Å². The Morgan fingerprint density at radius 1 is 1.06 bits per heavy atom. The van der Waals surface area contributed by atoms with E-state index in [1.807, 2.05) is 0 Å². The van der Waals surface area contributed by atoms with Gasteiger partial charge in [0.2, 0.25) is 0 Å². The van der Waals surface area contributed by atoms with Crippen molar-refractivity contribution >= 4 is 0 Å². The molecular formula is C16H29NO. The molecule has 0 aromatic heterocycles. The van der Waals surface area contributed by atoms with Gasteiger partial charge in [-0.15, -0.1) is 0 Å². The van der Waals surface area contributed by atoms with Gasteiger partial charge in [-0.3, -0.25) is 0 Å². The van der Waals surface area contributed by atoms with E-state index in [1.165, 1.54) is 38.5 Å². The van der Waals surface area contributed by atoms with Crippen molar-refractivity contribution in [1.82, 2.24) is 5.32 Å². The fourth-order valence-corrected chi connectivity index (χ4v) is 6.18. The second-order valence-electron chi connectivity index (χ2n) is 8.03. The maximum atomic E-state index is 5.48. The lowest BCUT2D eigenvalue weighted by Crippen LogP contribution is -2.64. The summed E-state index contributed by atoms with van der Waals surface area (Å²) in [6.45, 7) is 9.89. The van der Waals surface area contributed by atoms with E-state index in [1.54, 1.807) is 0 Å². The van der Waals surface area contributed by atoms with Gasteiger partial charge < -0.3 is 10.1 Å². The highest BCUT2D eigenvalue weighted by Crippen LogP contribution is 2.66. The molecule has 0 radical (unpaired) electrons. The minimum Gasteiger partial charge on any atom is -0.380 e. The molecule has 18 heavy (non-hydrogen) atoms. The SMILES string of the molecule is CCOCCNC12CC3CC(C)(CC(C)(C3)C1)C2. The lowest BCUT2D eigenvalue weighted by molar-refractivity contribution is -0.118. The highest BCUT2D eigenvalue weighted by Gasteiger charge is 2.59. The fraction of sp³-hybridized carbons (Fsp3) is 1.00. The summed E-state index contributed by atoms with van der Waals surface area (Å²) in [6.07, 6.45) is 8.65. The van der Waals surface area contributed by atoms with E-state index in [9.17, 15) is 0 Å². The molecule has 4 aliphatic carbocycles. The smallest absolute Gasteiger partial charge is 0.0590 e. The summed E-state index contributed by atoms with van der Waals surface area (Å²) in [5.74, 6) is 0.982. The average Bonchev–Trinajstić information content (AvgIpc) is 2.19. The van der Waals surface area contributed by atoms with Crippen LogP contribution in [0.5, 0.6) is 0 Å². The molecule has 0 amide bonds. The summed E-state index contributed by atoms with van der Waals surface area (Å²) in [7, 11) is 0. The van der Waals surface area contributed by atoms with E-state index < -0.39 is 0 Å². The Labute approximate surface area is 112 Å². The summed E-state index contributed by atoms with van der Waals surface area (Å²) in [5, 5.41) is 3.89. The van der Waals surface area contributed by atoms with Gasteiger partial charge in [0.15, 0.2) is 0 Å². The van der Waals surface area contributed by atoms with Gasteiger partial charge in [-0.25, -0.2) is 0 Å². The van der Waals surface area contributed by atoms with Crippen LogP contribution in [-0.4, -0.2) is 25.3 Å². The monoisotopic (exact) mass is 251 g/mol. The Balaban J connectivity index is 1.69. The number of hydrogen-bond donors (Lipinski definition) is 1. The number of rotatable bonds is 5. The fourth-order valence-electron chi connectivity index (χ4n) is 6.18. The molecule has 0 aromatic rings. The predicted octanol–water partition coefficient (Wildman–Crippen LogP) is 3.36. The van der Waals surface area contributed by atoms with E-state index in [0.717, 1.165) is 25.7 Å². The minimum atomic E-state index is 0.444. The first-order valence-corrected chi connectivity index (χ1v) is 7.79. The summed E-state index contributed by atoms with van der Waals surface area (Å²) >= 11 is 0. The van der Waals surface area contributed by atoms with Gasteiger partial charge in [0.05, 0.1) is 6.61 Å². The Kier molecular flexibility index (Phi) is 3.02. The van der Waals surface area contributed by atoms with Crippen LogP contribution < -0.4 is 5.32 Å². The summed E-state index contributed by atoms with van der Waals surface area (Å²) < 4.78 is 5.48. The van der Waals surface area contributed by atoms with Gasteiger partial charge in [0, 0.05) is 18.7 Å². The standard InChI is InChI=1S/C16H29NO/c1-4-18-6-5-17-16-9-13-7-14(2,11-16)10-15(3,8-13)12-16/h13,17H,4-12H2,1-3H3. The van der Waals surface area contributed by atoms with Crippen molar-refractivity contribution in [3.05, 3.63) is 0 Å². The largest absolute Gasteiger partial charge is 0.380 e. The van der Waals surface area contributed by atoms with Gasteiger partial charge in [0.25, 0.3) is 0 Å². The number of hydrogen-bond acceptors (Lipinski definition) is 2. The number of ether oxygens (including phenoxy) is 1. The highest BCUT2D eigenvalue weighted by atomic mass is 16.5. The number of nitrogens with one attached hydrogen (secondary N) is 1. The first-order valence-electron chi connectivity index (χ1n) is 7.79. The summed E-state index contributed by atoms with van der Waals surface area (Å²) in [5.41, 5.74) is 1.68. The van der Waals surface area contributed by atoms with Crippen molar-refractivity contribution in [3.8, 4) is 0 Å². The molecule has 4 aliphatic rings. The van der Waals surface area contributed by atoms with Crippen molar-refractivity contribution in [3.63, 3.8) is 0 Å². The van der Waals surface area contributed by atoms with E-state index in [-0.39, 0.29) is 0 Å². The van der Waals surface area contributed by atoms with Crippen molar-refractivity contribution in [2.24, 2.45) is 16.7 Å². The topological polar surface area (TPSA) is 21.3 Å². The average molecular weight is 251 g/mol. The van der Waals surface area contributed by atoms with Gasteiger partial charge in [-0.1, -0.05) is 13.8 Å². The van der Waals surface area contributed by atoms with Gasteiger partial charge >= 0.3 is 0 Å². The molecule has 0 saturated heterocycles. The molecule has 2 nitrogen and oxygen atoms in total. The van der Waals surface area contributed by atoms with E-state index in [4.69, 9.17) is 4.74 Å². The third-order valence-electron chi connectivity index (χ3n) is 5.58. The third-order valence-corrected chi connectivity index (χ3v) is 5.58. The molecule has 4 rings (SSSR count). The van der Waals surface area contributed by atoms with Crippen molar-refractivity contribution < 1.29 is 4.74 Å². The molecule has 0 aromatic carbocycles.